The predicted molar refractivity (Wildman–Crippen MR) is 125 cm³/mol. The predicted octanol–water partition coefficient (Wildman–Crippen LogP) is 6.15. The van der Waals surface area contributed by atoms with Crippen LogP contribution in [0.4, 0.5) is 5.69 Å². The SMILES string of the molecule is C[C@H](SCc1ccccc1)C(=O)Nc1ccc(Cc2nc3ccccc3s2)cc1. The smallest absolute Gasteiger partial charge is 0.237 e. The van der Waals surface area contributed by atoms with Crippen LogP contribution in [0.15, 0.2) is 78.9 Å². The molecule has 0 aliphatic heterocycles. The number of carbonyl (C=O) groups is 1. The summed E-state index contributed by atoms with van der Waals surface area (Å²) in [6.07, 6.45) is 0.802. The molecule has 0 saturated heterocycles. The number of anilines is 1. The Balaban J connectivity index is 1.32. The first-order valence-corrected chi connectivity index (χ1v) is 11.4. The van der Waals surface area contributed by atoms with Crippen molar-refractivity contribution in [2.45, 2.75) is 24.3 Å². The zero-order valence-corrected chi connectivity index (χ0v) is 17.8. The summed E-state index contributed by atoms with van der Waals surface area (Å²) in [4.78, 5) is 17.2. The van der Waals surface area contributed by atoms with Gasteiger partial charge in [-0.1, -0.05) is 54.6 Å². The van der Waals surface area contributed by atoms with Gasteiger partial charge in [0.05, 0.1) is 20.5 Å². The van der Waals surface area contributed by atoms with Crippen LogP contribution in [-0.2, 0) is 17.0 Å². The van der Waals surface area contributed by atoms with E-state index in [1.165, 1.54) is 15.8 Å². The van der Waals surface area contributed by atoms with Crippen molar-refractivity contribution in [3.63, 3.8) is 0 Å². The van der Waals surface area contributed by atoms with Gasteiger partial charge in [-0.3, -0.25) is 4.79 Å². The standard InChI is InChI=1S/C24H22N2OS2/c1-17(28-16-19-7-3-2-4-8-19)24(27)25-20-13-11-18(12-14-20)15-23-26-21-9-5-6-10-22(21)29-23/h2-14,17H,15-16H2,1H3,(H,25,27)/t17-/m0/s1. The molecule has 0 aliphatic carbocycles. The van der Waals surface area contributed by atoms with Crippen molar-refractivity contribution in [3.05, 3.63) is 95.0 Å². The summed E-state index contributed by atoms with van der Waals surface area (Å²) in [5, 5.41) is 4.01. The van der Waals surface area contributed by atoms with Crippen molar-refractivity contribution < 1.29 is 4.79 Å². The largest absolute Gasteiger partial charge is 0.325 e. The van der Waals surface area contributed by atoms with E-state index in [9.17, 15) is 4.79 Å². The molecule has 146 valence electrons. The molecule has 0 fully saturated rings. The molecule has 0 unspecified atom stereocenters. The average molecular weight is 419 g/mol. The van der Waals surface area contributed by atoms with Crippen molar-refractivity contribution in [3.8, 4) is 0 Å². The Labute approximate surface area is 179 Å². The fourth-order valence-electron chi connectivity index (χ4n) is 2.99. The van der Waals surface area contributed by atoms with Crippen molar-refractivity contribution in [1.82, 2.24) is 4.98 Å². The molecule has 0 spiro atoms. The zero-order chi connectivity index (χ0) is 20.1. The molecule has 0 saturated carbocycles. The molecule has 0 aliphatic rings. The van der Waals surface area contributed by atoms with Crippen LogP contribution >= 0.6 is 23.1 Å². The maximum absolute atomic E-state index is 12.5. The third-order valence-corrected chi connectivity index (χ3v) is 6.88. The maximum Gasteiger partial charge on any atom is 0.237 e. The Kier molecular flexibility index (Phi) is 6.27. The van der Waals surface area contributed by atoms with Gasteiger partial charge in [0.2, 0.25) is 5.91 Å². The Hall–Kier alpha value is -2.63. The highest BCUT2D eigenvalue weighted by Crippen LogP contribution is 2.24. The van der Waals surface area contributed by atoms with Crippen LogP contribution in [0.5, 0.6) is 0 Å². The van der Waals surface area contributed by atoms with Crippen LogP contribution in [0, 0.1) is 0 Å². The number of benzene rings is 3. The molecule has 1 amide bonds. The van der Waals surface area contributed by atoms with E-state index in [0.29, 0.717) is 0 Å². The molecule has 0 radical (unpaired) electrons. The number of nitrogens with zero attached hydrogens (tertiary/aromatic N) is 1. The van der Waals surface area contributed by atoms with Gasteiger partial charge in [0.25, 0.3) is 0 Å². The fourth-order valence-corrected chi connectivity index (χ4v) is 4.84. The Morgan fingerprint density at radius 3 is 2.45 bits per heavy atom. The summed E-state index contributed by atoms with van der Waals surface area (Å²) in [5.41, 5.74) is 4.30. The molecule has 3 nitrogen and oxygen atoms in total. The van der Waals surface area contributed by atoms with E-state index in [2.05, 4.69) is 35.6 Å². The number of thiazole rings is 1. The number of para-hydroxylation sites is 1. The number of carbonyl (C=O) groups excluding carboxylic acids is 1. The molecular weight excluding hydrogens is 396 g/mol. The second-order valence-electron chi connectivity index (χ2n) is 6.88. The highest BCUT2D eigenvalue weighted by molar-refractivity contribution is 7.99. The molecule has 4 rings (SSSR count). The lowest BCUT2D eigenvalue weighted by atomic mass is 10.1. The lowest BCUT2D eigenvalue weighted by Gasteiger charge is -2.12. The van der Waals surface area contributed by atoms with Crippen molar-refractivity contribution in [1.29, 1.82) is 0 Å². The van der Waals surface area contributed by atoms with Gasteiger partial charge in [-0.25, -0.2) is 4.98 Å². The second kappa shape index (κ2) is 9.25. The Bertz CT molecular complexity index is 1060. The minimum atomic E-state index is -0.113. The molecule has 3 aromatic carbocycles. The quantitative estimate of drug-likeness (QED) is 0.391. The van der Waals surface area contributed by atoms with E-state index in [1.807, 2.05) is 55.5 Å². The summed E-state index contributed by atoms with van der Waals surface area (Å²) in [6, 6.07) is 26.5. The summed E-state index contributed by atoms with van der Waals surface area (Å²) in [6.45, 7) is 1.95. The first-order chi connectivity index (χ1) is 14.2. The van der Waals surface area contributed by atoms with E-state index in [-0.39, 0.29) is 11.2 Å². The van der Waals surface area contributed by atoms with Gasteiger partial charge in [-0.15, -0.1) is 23.1 Å². The minimum absolute atomic E-state index is 0.0323. The van der Waals surface area contributed by atoms with Crippen molar-refractivity contribution in [2.75, 3.05) is 5.32 Å². The van der Waals surface area contributed by atoms with Crippen LogP contribution in [0.25, 0.3) is 10.2 Å². The molecule has 1 aromatic heterocycles. The van der Waals surface area contributed by atoms with Gasteiger partial charge in [0.1, 0.15) is 0 Å². The number of hydrogen-bond donors (Lipinski definition) is 1. The Morgan fingerprint density at radius 1 is 0.966 bits per heavy atom. The number of fused-ring (bicyclic) bond motifs is 1. The molecule has 1 heterocycles. The zero-order valence-electron chi connectivity index (χ0n) is 16.2. The second-order valence-corrected chi connectivity index (χ2v) is 9.32. The molecule has 4 aromatic rings. The summed E-state index contributed by atoms with van der Waals surface area (Å²) < 4.78 is 1.22. The average Bonchev–Trinajstić information content (AvgIpc) is 3.16. The maximum atomic E-state index is 12.5. The highest BCUT2D eigenvalue weighted by Gasteiger charge is 2.14. The van der Waals surface area contributed by atoms with Crippen LogP contribution in [-0.4, -0.2) is 16.1 Å². The summed E-state index contributed by atoms with van der Waals surface area (Å²) in [5.74, 6) is 0.862. The van der Waals surface area contributed by atoms with Gasteiger partial charge in [-0.05, 0) is 42.3 Å². The lowest BCUT2D eigenvalue weighted by molar-refractivity contribution is -0.115. The monoisotopic (exact) mass is 418 g/mol. The minimum Gasteiger partial charge on any atom is -0.325 e. The summed E-state index contributed by atoms with van der Waals surface area (Å²) in [7, 11) is 0. The Morgan fingerprint density at radius 2 is 1.69 bits per heavy atom. The number of rotatable bonds is 7. The molecule has 0 bridgehead atoms. The van der Waals surface area contributed by atoms with Gasteiger partial charge in [0.15, 0.2) is 0 Å². The van der Waals surface area contributed by atoms with Gasteiger partial charge < -0.3 is 5.32 Å². The fraction of sp³-hybridized carbons (Fsp3) is 0.167. The number of nitrogens with one attached hydrogen (secondary N) is 1. The van der Waals surface area contributed by atoms with Crippen LogP contribution in [0.1, 0.15) is 23.1 Å². The third-order valence-electron chi connectivity index (χ3n) is 4.63. The summed E-state index contributed by atoms with van der Waals surface area (Å²) >= 11 is 3.38. The number of thioether (sulfide) groups is 1. The molecular formula is C24H22N2OS2. The normalized spacial score (nSPS) is 12.0. The van der Waals surface area contributed by atoms with Crippen LogP contribution in [0.3, 0.4) is 0 Å². The molecule has 5 heteroatoms. The topological polar surface area (TPSA) is 42.0 Å². The number of aromatic nitrogens is 1. The van der Waals surface area contributed by atoms with Gasteiger partial charge in [0, 0.05) is 17.9 Å². The van der Waals surface area contributed by atoms with E-state index >= 15 is 0 Å². The van der Waals surface area contributed by atoms with E-state index in [1.54, 1.807) is 23.1 Å². The van der Waals surface area contributed by atoms with Crippen molar-refractivity contribution in [2.24, 2.45) is 0 Å². The molecule has 29 heavy (non-hydrogen) atoms. The number of hydrogen-bond acceptors (Lipinski definition) is 4. The first-order valence-electron chi connectivity index (χ1n) is 9.57. The first kappa shape index (κ1) is 19.7. The van der Waals surface area contributed by atoms with Gasteiger partial charge >= 0.3 is 0 Å². The van der Waals surface area contributed by atoms with Crippen LogP contribution < -0.4 is 5.32 Å². The van der Waals surface area contributed by atoms with E-state index < -0.39 is 0 Å². The molecule has 1 atom stereocenters. The lowest BCUT2D eigenvalue weighted by Crippen LogP contribution is -2.22. The van der Waals surface area contributed by atoms with Gasteiger partial charge in [-0.2, -0.15) is 0 Å². The molecule has 1 N–H and O–H groups in total. The van der Waals surface area contributed by atoms with E-state index in [4.69, 9.17) is 4.98 Å². The third kappa shape index (κ3) is 5.25. The van der Waals surface area contributed by atoms with E-state index in [0.717, 1.165) is 28.4 Å². The number of amides is 1. The highest BCUT2D eigenvalue weighted by atomic mass is 32.2. The van der Waals surface area contributed by atoms with Crippen molar-refractivity contribution >= 4 is 44.9 Å². The van der Waals surface area contributed by atoms with Crippen LogP contribution in [0.2, 0.25) is 0 Å².